The molecule has 0 aliphatic carbocycles. The van der Waals surface area contributed by atoms with Gasteiger partial charge in [0.15, 0.2) is 0 Å². The Morgan fingerprint density at radius 2 is 1.78 bits per heavy atom. The van der Waals surface area contributed by atoms with Crippen molar-refractivity contribution in [2.24, 2.45) is 0 Å². The first-order chi connectivity index (χ1) is 17.4. The molecule has 0 saturated heterocycles. The largest absolute Gasteiger partial charge is 0.487 e. The van der Waals surface area contributed by atoms with E-state index in [2.05, 4.69) is 36.5 Å². The zero-order chi connectivity index (χ0) is 25.1. The predicted octanol–water partition coefficient (Wildman–Crippen LogP) is 5.21. The SMILES string of the molecule is Cc1nc2ccc(Cl)cn2c1C(=O)NCc1ccc(OCc2cn(Cc3ccc(Br)cc3)nn2)cc1. The molecule has 0 aliphatic rings. The van der Waals surface area contributed by atoms with Gasteiger partial charge in [0, 0.05) is 17.2 Å². The topological polar surface area (TPSA) is 86.3 Å². The molecule has 0 unspecified atom stereocenters. The number of pyridine rings is 1. The lowest BCUT2D eigenvalue weighted by atomic mass is 10.2. The van der Waals surface area contributed by atoms with Gasteiger partial charge in [-0.1, -0.05) is 57.0 Å². The summed E-state index contributed by atoms with van der Waals surface area (Å²) in [6.07, 6.45) is 3.57. The average Bonchev–Trinajstić information content (AvgIpc) is 3.46. The van der Waals surface area contributed by atoms with Crippen LogP contribution >= 0.6 is 27.5 Å². The summed E-state index contributed by atoms with van der Waals surface area (Å²) in [5, 5.41) is 11.8. The Balaban J connectivity index is 1.14. The zero-order valence-electron chi connectivity index (χ0n) is 19.4. The van der Waals surface area contributed by atoms with Gasteiger partial charge in [0.05, 0.1) is 23.5 Å². The van der Waals surface area contributed by atoms with Gasteiger partial charge in [0.2, 0.25) is 0 Å². The Kier molecular flexibility index (Phi) is 7.02. The molecule has 8 nitrogen and oxygen atoms in total. The summed E-state index contributed by atoms with van der Waals surface area (Å²) in [4.78, 5) is 17.3. The fourth-order valence-corrected chi connectivity index (χ4v) is 4.22. The molecule has 0 radical (unpaired) electrons. The Morgan fingerprint density at radius 3 is 2.56 bits per heavy atom. The van der Waals surface area contributed by atoms with E-state index in [9.17, 15) is 4.79 Å². The van der Waals surface area contributed by atoms with Crippen molar-refractivity contribution < 1.29 is 9.53 Å². The normalized spacial score (nSPS) is 11.1. The Bertz CT molecular complexity index is 1510. The van der Waals surface area contributed by atoms with E-state index < -0.39 is 0 Å². The highest BCUT2D eigenvalue weighted by Crippen LogP contribution is 2.18. The van der Waals surface area contributed by atoms with Crippen LogP contribution in [0.5, 0.6) is 5.75 Å². The van der Waals surface area contributed by atoms with E-state index in [1.165, 1.54) is 0 Å². The van der Waals surface area contributed by atoms with Crippen LogP contribution in [-0.2, 0) is 19.7 Å². The minimum Gasteiger partial charge on any atom is -0.487 e. The molecule has 3 heterocycles. The van der Waals surface area contributed by atoms with Gasteiger partial charge in [-0.15, -0.1) is 5.10 Å². The van der Waals surface area contributed by atoms with E-state index in [0.29, 0.717) is 47.5 Å². The van der Waals surface area contributed by atoms with Crippen molar-refractivity contribution in [1.82, 2.24) is 29.7 Å². The van der Waals surface area contributed by atoms with E-state index in [0.717, 1.165) is 21.3 Å². The number of hydrogen-bond donors (Lipinski definition) is 1. The van der Waals surface area contributed by atoms with E-state index in [-0.39, 0.29) is 5.91 Å². The van der Waals surface area contributed by atoms with Crippen LogP contribution in [0.3, 0.4) is 0 Å². The molecule has 0 fully saturated rings. The summed E-state index contributed by atoms with van der Waals surface area (Å²) in [5.74, 6) is 0.494. The maximum absolute atomic E-state index is 12.8. The maximum atomic E-state index is 12.8. The van der Waals surface area contributed by atoms with E-state index >= 15 is 0 Å². The van der Waals surface area contributed by atoms with E-state index in [4.69, 9.17) is 16.3 Å². The number of amides is 1. The van der Waals surface area contributed by atoms with Crippen LogP contribution in [0.2, 0.25) is 5.02 Å². The molecule has 1 N–H and O–H groups in total. The number of ether oxygens (including phenoxy) is 1. The molecule has 0 aliphatic heterocycles. The van der Waals surface area contributed by atoms with Crippen molar-refractivity contribution in [3.8, 4) is 5.75 Å². The van der Waals surface area contributed by atoms with Gasteiger partial charge >= 0.3 is 0 Å². The number of nitrogens with one attached hydrogen (secondary N) is 1. The van der Waals surface area contributed by atoms with E-state index in [1.54, 1.807) is 34.3 Å². The summed E-state index contributed by atoms with van der Waals surface area (Å²) >= 11 is 9.53. The molecule has 5 rings (SSSR count). The summed E-state index contributed by atoms with van der Waals surface area (Å²) < 4.78 is 10.4. The number of hydrogen-bond acceptors (Lipinski definition) is 5. The van der Waals surface area contributed by atoms with Gasteiger partial charge in [0.25, 0.3) is 5.91 Å². The fourth-order valence-electron chi connectivity index (χ4n) is 3.80. The van der Waals surface area contributed by atoms with Gasteiger partial charge in [-0.05, 0) is 54.4 Å². The Labute approximate surface area is 221 Å². The first-order valence-corrected chi connectivity index (χ1v) is 12.4. The second-order valence-corrected chi connectivity index (χ2v) is 9.62. The number of benzene rings is 2. The van der Waals surface area contributed by atoms with Crippen molar-refractivity contribution in [1.29, 1.82) is 0 Å². The van der Waals surface area contributed by atoms with Crippen LogP contribution in [0.4, 0.5) is 0 Å². The third-order valence-corrected chi connectivity index (χ3v) is 6.33. The van der Waals surface area contributed by atoms with Crippen LogP contribution in [0.25, 0.3) is 5.65 Å². The average molecular weight is 566 g/mol. The second kappa shape index (κ2) is 10.5. The van der Waals surface area contributed by atoms with Crippen molar-refractivity contribution in [3.05, 3.63) is 111 Å². The molecular weight excluding hydrogens is 544 g/mol. The van der Waals surface area contributed by atoms with Crippen LogP contribution < -0.4 is 10.1 Å². The lowest BCUT2D eigenvalue weighted by molar-refractivity contribution is 0.0944. The molecule has 2 aromatic carbocycles. The zero-order valence-corrected chi connectivity index (χ0v) is 21.7. The third-order valence-electron chi connectivity index (χ3n) is 5.58. The number of carbonyl (C=O) groups excluding carboxylic acids is 1. The fraction of sp³-hybridized carbons (Fsp3) is 0.154. The van der Waals surface area contributed by atoms with Gasteiger partial charge in [-0.25, -0.2) is 9.67 Å². The molecule has 0 spiro atoms. The lowest BCUT2D eigenvalue weighted by Crippen LogP contribution is -2.25. The van der Waals surface area contributed by atoms with Gasteiger partial charge in [-0.2, -0.15) is 0 Å². The van der Waals surface area contributed by atoms with Crippen molar-refractivity contribution in [2.45, 2.75) is 26.6 Å². The molecule has 1 amide bonds. The summed E-state index contributed by atoms with van der Waals surface area (Å²) in [6.45, 7) is 3.13. The van der Waals surface area contributed by atoms with Crippen molar-refractivity contribution in [2.75, 3.05) is 0 Å². The highest BCUT2D eigenvalue weighted by molar-refractivity contribution is 9.10. The minimum absolute atomic E-state index is 0.214. The highest BCUT2D eigenvalue weighted by Gasteiger charge is 2.16. The number of nitrogens with zero attached hydrogens (tertiary/aromatic N) is 5. The number of rotatable bonds is 8. The highest BCUT2D eigenvalue weighted by atomic mass is 79.9. The Hall–Kier alpha value is -3.69. The second-order valence-electron chi connectivity index (χ2n) is 8.27. The summed E-state index contributed by atoms with van der Waals surface area (Å²) in [6, 6.07) is 19.2. The van der Waals surface area contributed by atoms with Crippen LogP contribution in [0, 0.1) is 6.92 Å². The number of aromatic nitrogens is 5. The molecule has 182 valence electrons. The maximum Gasteiger partial charge on any atom is 0.270 e. The molecule has 5 aromatic rings. The number of aryl methyl sites for hydroxylation is 1. The van der Waals surface area contributed by atoms with Gasteiger partial charge in [0.1, 0.15) is 29.4 Å². The molecule has 0 atom stereocenters. The van der Waals surface area contributed by atoms with Crippen molar-refractivity contribution >= 4 is 39.1 Å². The smallest absolute Gasteiger partial charge is 0.270 e. The van der Waals surface area contributed by atoms with Crippen LogP contribution in [0.15, 0.2) is 77.5 Å². The number of carbonyl (C=O) groups is 1. The van der Waals surface area contributed by atoms with Gasteiger partial charge in [-0.3, -0.25) is 9.20 Å². The van der Waals surface area contributed by atoms with Crippen LogP contribution in [0.1, 0.15) is 33.0 Å². The molecule has 10 heteroatoms. The molecule has 0 saturated carbocycles. The standard InChI is InChI=1S/C26H22BrClN6O2/c1-17-25(34-14-21(28)8-11-24(34)30-17)26(35)29-12-18-4-9-23(10-5-18)36-16-22-15-33(32-31-22)13-19-2-6-20(27)7-3-19/h2-11,14-15H,12-13,16H2,1H3,(H,29,35). The first kappa shape index (κ1) is 24.0. The first-order valence-electron chi connectivity index (χ1n) is 11.2. The lowest BCUT2D eigenvalue weighted by Gasteiger charge is -2.08. The van der Waals surface area contributed by atoms with Crippen LogP contribution in [-0.4, -0.2) is 30.3 Å². The summed E-state index contributed by atoms with van der Waals surface area (Å²) in [5.41, 5.74) is 4.62. The molecular formula is C26H22BrClN6O2. The minimum atomic E-state index is -0.214. The number of halogens is 2. The molecule has 0 bridgehead atoms. The quantitative estimate of drug-likeness (QED) is 0.279. The third kappa shape index (κ3) is 5.58. The number of fused-ring (bicyclic) bond motifs is 1. The van der Waals surface area contributed by atoms with Gasteiger partial charge < -0.3 is 10.1 Å². The molecule has 36 heavy (non-hydrogen) atoms. The Morgan fingerprint density at radius 1 is 1.03 bits per heavy atom. The summed E-state index contributed by atoms with van der Waals surface area (Å²) in [7, 11) is 0. The molecule has 3 aromatic heterocycles. The number of imidazole rings is 1. The van der Waals surface area contributed by atoms with E-state index in [1.807, 2.05) is 54.7 Å². The monoisotopic (exact) mass is 564 g/mol. The predicted molar refractivity (Wildman–Crippen MR) is 140 cm³/mol. The van der Waals surface area contributed by atoms with Crippen molar-refractivity contribution in [3.63, 3.8) is 0 Å².